The number of thiophene rings is 1. The maximum atomic E-state index is 12.2. The Bertz CT molecular complexity index is 739. The third kappa shape index (κ3) is 2.32. The Hall–Kier alpha value is -2.14. The van der Waals surface area contributed by atoms with E-state index in [0.29, 0.717) is 5.95 Å². The Balaban J connectivity index is 1.84. The molecule has 1 aromatic carbocycles. The summed E-state index contributed by atoms with van der Waals surface area (Å²) in [5.41, 5.74) is 2.94. The number of anilines is 1. The van der Waals surface area contributed by atoms with Crippen molar-refractivity contribution in [2.45, 2.75) is 20.3 Å². The molecule has 20 heavy (non-hydrogen) atoms. The highest BCUT2D eigenvalue weighted by Gasteiger charge is 2.13. The van der Waals surface area contributed by atoms with Crippen molar-refractivity contribution in [3.8, 4) is 0 Å². The van der Waals surface area contributed by atoms with Crippen LogP contribution >= 0.6 is 11.3 Å². The quantitative estimate of drug-likeness (QED) is 0.770. The molecule has 3 aromatic rings. The number of aryl methyl sites for hydroxylation is 2. The number of rotatable bonds is 3. The zero-order valence-electron chi connectivity index (χ0n) is 11.4. The number of amides is 1. The number of hydrogen-bond acceptors (Lipinski definition) is 3. The lowest BCUT2D eigenvalue weighted by atomic mass is 10.2. The number of carbonyl (C=O) groups is 1. The van der Waals surface area contributed by atoms with E-state index in [1.807, 2.05) is 37.3 Å². The molecule has 3 rings (SSSR count). The number of nitrogens with one attached hydrogen (secondary N) is 2. The van der Waals surface area contributed by atoms with Crippen molar-refractivity contribution in [2.75, 3.05) is 5.32 Å². The van der Waals surface area contributed by atoms with Gasteiger partial charge in [-0.3, -0.25) is 10.1 Å². The van der Waals surface area contributed by atoms with Gasteiger partial charge in [0, 0.05) is 4.88 Å². The minimum Gasteiger partial charge on any atom is -0.324 e. The van der Waals surface area contributed by atoms with Crippen LogP contribution in [0, 0.1) is 6.92 Å². The number of hydrogen-bond donors (Lipinski definition) is 2. The first-order valence-corrected chi connectivity index (χ1v) is 7.34. The molecular weight excluding hydrogens is 270 g/mol. The first-order chi connectivity index (χ1) is 9.67. The largest absolute Gasteiger partial charge is 0.324 e. The molecular formula is C15H15N3OS. The first kappa shape index (κ1) is 12.9. The Kier molecular flexibility index (Phi) is 3.28. The SMILES string of the molecule is CCc1sc(C(=O)Nc2nc3ccccc3[nH]2)cc1C. The number of fused-ring (bicyclic) bond motifs is 1. The van der Waals surface area contributed by atoms with Crippen molar-refractivity contribution < 1.29 is 4.79 Å². The molecule has 0 radical (unpaired) electrons. The summed E-state index contributed by atoms with van der Waals surface area (Å²) in [4.78, 5) is 21.6. The average Bonchev–Trinajstić information content (AvgIpc) is 3.01. The lowest BCUT2D eigenvalue weighted by Crippen LogP contribution is -2.11. The monoisotopic (exact) mass is 285 g/mol. The van der Waals surface area contributed by atoms with Crippen molar-refractivity contribution in [2.24, 2.45) is 0 Å². The predicted octanol–water partition coefficient (Wildman–Crippen LogP) is 3.75. The van der Waals surface area contributed by atoms with Crippen LogP contribution in [0.2, 0.25) is 0 Å². The lowest BCUT2D eigenvalue weighted by molar-refractivity contribution is 0.103. The topological polar surface area (TPSA) is 57.8 Å². The highest BCUT2D eigenvalue weighted by Crippen LogP contribution is 2.23. The van der Waals surface area contributed by atoms with Crippen LogP contribution in [0.25, 0.3) is 11.0 Å². The van der Waals surface area contributed by atoms with E-state index in [1.165, 1.54) is 10.4 Å². The van der Waals surface area contributed by atoms with Crippen molar-refractivity contribution in [3.05, 3.63) is 45.6 Å². The number of para-hydroxylation sites is 2. The maximum Gasteiger partial charge on any atom is 0.268 e. The van der Waals surface area contributed by atoms with E-state index in [1.54, 1.807) is 11.3 Å². The standard InChI is InChI=1S/C15H15N3OS/c1-3-12-9(2)8-13(20-12)14(19)18-15-16-10-6-4-5-7-11(10)17-15/h4-8H,3H2,1-2H3,(H2,16,17,18,19). The fraction of sp³-hybridized carbons (Fsp3) is 0.200. The molecule has 0 fully saturated rings. The summed E-state index contributed by atoms with van der Waals surface area (Å²) < 4.78 is 0. The smallest absolute Gasteiger partial charge is 0.268 e. The van der Waals surface area contributed by atoms with E-state index in [0.717, 1.165) is 22.3 Å². The summed E-state index contributed by atoms with van der Waals surface area (Å²) >= 11 is 1.54. The number of nitrogens with zero attached hydrogens (tertiary/aromatic N) is 1. The summed E-state index contributed by atoms with van der Waals surface area (Å²) in [6.07, 6.45) is 0.953. The summed E-state index contributed by atoms with van der Waals surface area (Å²) in [5, 5.41) is 2.82. The highest BCUT2D eigenvalue weighted by atomic mass is 32.1. The molecule has 0 atom stereocenters. The van der Waals surface area contributed by atoms with Crippen molar-refractivity contribution in [1.82, 2.24) is 9.97 Å². The van der Waals surface area contributed by atoms with Crippen LogP contribution in [0.4, 0.5) is 5.95 Å². The number of carbonyl (C=O) groups excluding carboxylic acids is 1. The molecule has 2 heterocycles. The minimum absolute atomic E-state index is 0.114. The van der Waals surface area contributed by atoms with E-state index < -0.39 is 0 Å². The first-order valence-electron chi connectivity index (χ1n) is 6.52. The second-order valence-corrected chi connectivity index (χ2v) is 5.76. The van der Waals surface area contributed by atoms with Crippen molar-refractivity contribution >= 4 is 34.2 Å². The van der Waals surface area contributed by atoms with Gasteiger partial charge < -0.3 is 4.98 Å². The molecule has 1 amide bonds. The van der Waals surface area contributed by atoms with E-state index in [2.05, 4.69) is 22.2 Å². The van der Waals surface area contributed by atoms with Crippen LogP contribution in [0.3, 0.4) is 0 Å². The second-order valence-electron chi connectivity index (χ2n) is 4.63. The van der Waals surface area contributed by atoms with Gasteiger partial charge in [-0.1, -0.05) is 19.1 Å². The average molecular weight is 285 g/mol. The Labute approximate surface area is 120 Å². The van der Waals surface area contributed by atoms with Crippen LogP contribution in [-0.4, -0.2) is 15.9 Å². The highest BCUT2D eigenvalue weighted by molar-refractivity contribution is 7.14. The number of aromatic nitrogens is 2. The molecule has 0 saturated carbocycles. The van der Waals surface area contributed by atoms with Gasteiger partial charge in [0.25, 0.3) is 5.91 Å². The molecule has 0 unspecified atom stereocenters. The molecule has 5 heteroatoms. The molecule has 0 aliphatic heterocycles. The Morgan fingerprint density at radius 1 is 1.40 bits per heavy atom. The number of aromatic amines is 1. The Morgan fingerprint density at radius 2 is 2.20 bits per heavy atom. The number of H-pyrrole nitrogens is 1. The van der Waals surface area contributed by atoms with Gasteiger partial charge in [0.05, 0.1) is 15.9 Å². The van der Waals surface area contributed by atoms with Crippen LogP contribution in [0.15, 0.2) is 30.3 Å². The van der Waals surface area contributed by atoms with Gasteiger partial charge in [0.2, 0.25) is 5.95 Å². The zero-order valence-corrected chi connectivity index (χ0v) is 12.2. The van der Waals surface area contributed by atoms with E-state index >= 15 is 0 Å². The van der Waals surface area contributed by atoms with Crippen LogP contribution in [0.5, 0.6) is 0 Å². The van der Waals surface area contributed by atoms with E-state index in [4.69, 9.17) is 0 Å². The van der Waals surface area contributed by atoms with Gasteiger partial charge in [-0.05, 0) is 37.1 Å². The predicted molar refractivity (Wildman–Crippen MR) is 82.5 cm³/mol. The van der Waals surface area contributed by atoms with Gasteiger partial charge in [-0.25, -0.2) is 4.98 Å². The summed E-state index contributed by atoms with van der Waals surface area (Å²) in [5.74, 6) is 0.372. The van der Waals surface area contributed by atoms with Gasteiger partial charge in [-0.15, -0.1) is 11.3 Å². The fourth-order valence-corrected chi connectivity index (χ4v) is 3.17. The van der Waals surface area contributed by atoms with Gasteiger partial charge in [0.15, 0.2) is 0 Å². The third-order valence-electron chi connectivity index (χ3n) is 3.19. The van der Waals surface area contributed by atoms with E-state index in [9.17, 15) is 4.79 Å². The minimum atomic E-state index is -0.114. The lowest BCUT2D eigenvalue weighted by Gasteiger charge is -1.97. The maximum absolute atomic E-state index is 12.2. The summed E-state index contributed by atoms with van der Waals surface area (Å²) in [6.45, 7) is 4.13. The van der Waals surface area contributed by atoms with Gasteiger partial charge in [0.1, 0.15) is 0 Å². The molecule has 2 aromatic heterocycles. The fourth-order valence-electron chi connectivity index (χ4n) is 2.16. The van der Waals surface area contributed by atoms with Gasteiger partial charge >= 0.3 is 0 Å². The number of benzene rings is 1. The molecule has 0 aliphatic carbocycles. The number of imidazole rings is 1. The van der Waals surface area contributed by atoms with Gasteiger partial charge in [-0.2, -0.15) is 0 Å². The normalized spacial score (nSPS) is 10.9. The third-order valence-corrected chi connectivity index (χ3v) is 4.57. The molecule has 2 N–H and O–H groups in total. The van der Waals surface area contributed by atoms with Crippen LogP contribution < -0.4 is 5.32 Å². The Morgan fingerprint density at radius 3 is 2.90 bits per heavy atom. The van der Waals surface area contributed by atoms with Crippen molar-refractivity contribution in [3.63, 3.8) is 0 Å². The van der Waals surface area contributed by atoms with Crippen molar-refractivity contribution in [1.29, 1.82) is 0 Å². The summed E-state index contributed by atoms with van der Waals surface area (Å²) in [7, 11) is 0. The summed E-state index contributed by atoms with van der Waals surface area (Å²) in [6, 6.07) is 9.63. The molecule has 0 bridgehead atoms. The second kappa shape index (κ2) is 5.09. The zero-order chi connectivity index (χ0) is 14.1. The molecule has 0 saturated heterocycles. The van der Waals surface area contributed by atoms with Crippen LogP contribution in [0.1, 0.15) is 27.0 Å². The molecule has 4 nitrogen and oxygen atoms in total. The van der Waals surface area contributed by atoms with E-state index in [-0.39, 0.29) is 5.91 Å². The molecule has 0 spiro atoms. The molecule has 0 aliphatic rings. The molecule has 102 valence electrons. The van der Waals surface area contributed by atoms with Crippen LogP contribution in [-0.2, 0) is 6.42 Å².